The van der Waals surface area contributed by atoms with E-state index in [0.29, 0.717) is 6.42 Å². The third kappa shape index (κ3) is 3.54. The fourth-order valence-corrected chi connectivity index (χ4v) is 2.79. The zero-order valence-electron chi connectivity index (χ0n) is 11.5. The Labute approximate surface area is 117 Å². The third-order valence-corrected chi connectivity index (χ3v) is 3.97. The summed E-state index contributed by atoms with van der Waals surface area (Å²) in [7, 11) is 0. The van der Waals surface area contributed by atoms with Crippen LogP contribution in [0.15, 0.2) is 18.2 Å². The van der Waals surface area contributed by atoms with Crippen LogP contribution in [0.25, 0.3) is 0 Å². The van der Waals surface area contributed by atoms with Crippen molar-refractivity contribution < 1.29 is 13.6 Å². The maximum Gasteiger partial charge on any atom is 0.220 e. The van der Waals surface area contributed by atoms with Gasteiger partial charge in [-0.05, 0) is 31.7 Å². The summed E-state index contributed by atoms with van der Waals surface area (Å²) < 4.78 is 26.5. The number of nitrogens with one attached hydrogen (secondary N) is 1. The van der Waals surface area contributed by atoms with E-state index in [2.05, 4.69) is 5.32 Å². The van der Waals surface area contributed by atoms with Gasteiger partial charge in [0.1, 0.15) is 11.6 Å². The third-order valence-electron chi connectivity index (χ3n) is 3.97. The molecule has 1 aromatic rings. The fourth-order valence-electron chi connectivity index (χ4n) is 2.79. The summed E-state index contributed by atoms with van der Waals surface area (Å²) in [6.45, 7) is 1.68. The minimum atomic E-state index is -0.643. The van der Waals surface area contributed by atoms with Crippen LogP contribution in [0.3, 0.4) is 0 Å². The maximum absolute atomic E-state index is 13.6. The second-order valence-corrected chi connectivity index (χ2v) is 5.51. The smallest absolute Gasteiger partial charge is 0.220 e. The molecule has 0 aliphatic heterocycles. The minimum absolute atomic E-state index is 0.0820. The molecule has 20 heavy (non-hydrogen) atoms. The van der Waals surface area contributed by atoms with Crippen LogP contribution in [0, 0.1) is 17.6 Å². The lowest BCUT2D eigenvalue weighted by Crippen LogP contribution is -2.33. The Morgan fingerprint density at radius 3 is 2.80 bits per heavy atom. The first-order valence-corrected chi connectivity index (χ1v) is 6.97. The second-order valence-electron chi connectivity index (χ2n) is 5.51. The summed E-state index contributed by atoms with van der Waals surface area (Å²) >= 11 is 0. The molecule has 1 aliphatic rings. The van der Waals surface area contributed by atoms with Gasteiger partial charge in [-0.2, -0.15) is 0 Å². The quantitative estimate of drug-likeness (QED) is 0.892. The zero-order chi connectivity index (χ0) is 14.7. The monoisotopic (exact) mass is 282 g/mol. The highest BCUT2D eigenvalue weighted by Gasteiger charge is 2.26. The van der Waals surface area contributed by atoms with Gasteiger partial charge in [0, 0.05) is 24.1 Å². The van der Waals surface area contributed by atoms with Gasteiger partial charge in [-0.25, -0.2) is 8.78 Å². The molecule has 3 atom stereocenters. The molecule has 1 aliphatic carbocycles. The van der Waals surface area contributed by atoms with Crippen molar-refractivity contribution in [2.45, 2.75) is 44.7 Å². The lowest BCUT2D eigenvalue weighted by atomic mass is 9.99. The summed E-state index contributed by atoms with van der Waals surface area (Å²) in [4.78, 5) is 11.9. The van der Waals surface area contributed by atoms with Gasteiger partial charge in [-0.1, -0.05) is 12.5 Å². The highest BCUT2D eigenvalue weighted by Crippen LogP contribution is 2.27. The van der Waals surface area contributed by atoms with Crippen LogP contribution in [0.5, 0.6) is 0 Å². The first-order valence-electron chi connectivity index (χ1n) is 6.97. The molecule has 0 heterocycles. The molecule has 110 valence electrons. The summed E-state index contributed by atoms with van der Waals surface area (Å²) in [6, 6.07) is 2.97. The minimum Gasteiger partial charge on any atom is -0.349 e. The predicted molar refractivity (Wildman–Crippen MR) is 72.8 cm³/mol. The van der Waals surface area contributed by atoms with Gasteiger partial charge in [-0.15, -0.1) is 0 Å². The van der Waals surface area contributed by atoms with E-state index in [-0.39, 0.29) is 23.4 Å². The number of benzene rings is 1. The molecule has 0 bridgehead atoms. The van der Waals surface area contributed by atoms with E-state index in [9.17, 15) is 13.6 Å². The molecule has 1 fully saturated rings. The lowest BCUT2D eigenvalue weighted by Gasteiger charge is -2.18. The Bertz CT molecular complexity index is 493. The first-order chi connectivity index (χ1) is 9.47. The molecular weight excluding hydrogens is 262 g/mol. The Morgan fingerprint density at radius 1 is 1.45 bits per heavy atom. The fraction of sp³-hybridized carbons (Fsp3) is 0.533. The molecule has 0 radical (unpaired) electrons. The van der Waals surface area contributed by atoms with Crippen LogP contribution in [-0.2, 0) is 4.79 Å². The first kappa shape index (κ1) is 14.9. The van der Waals surface area contributed by atoms with E-state index in [1.54, 1.807) is 6.92 Å². The van der Waals surface area contributed by atoms with Crippen molar-refractivity contribution in [3.63, 3.8) is 0 Å². The van der Waals surface area contributed by atoms with Crippen LogP contribution in [0.1, 0.15) is 44.2 Å². The highest BCUT2D eigenvalue weighted by atomic mass is 19.1. The SMILES string of the molecule is C[C@@H](NC(=O)C[C@@H]1CCC[C@H]1N)c1ccc(F)cc1F. The van der Waals surface area contributed by atoms with Crippen LogP contribution in [-0.4, -0.2) is 11.9 Å². The number of nitrogens with two attached hydrogens (primary N) is 1. The van der Waals surface area contributed by atoms with Gasteiger partial charge in [0.25, 0.3) is 0 Å². The van der Waals surface area contributed by atoms with E-state index in [1.807, 2.05) is 0 Å². The van der Waals surface area contributed by atoms with Gasteiger partial charge in [-0.3, -0.25) is 4.79 Å². The number of hydrogen-bond acceptors (Lipinski definition) is 2. The Hall–Kier alpha value is -1.49. The van der Waals surface area contributed by atoms with E-state index < -0.39 is 17.7 Å². The molecule has 0 unspecified atom stereocenters. The second kappa shape index (κ2) is 6.31. The van der Waals surface area contributed by atoms with Crippen LogP contribution in [0.4, 0.5) is 8.78 Å². The largest absolute Gasteiger partial charge is 0.349 e. The Morgan fingerprint density at radius 2 is 2.20 bits per heavy atom. The molecule has 0 spiro atoms. The van der Waals surface area contributed by atoms with Crippen molar-refractivity contribution in [2.75, 3.05) is 0 Å². The molecule has 3 nitrogen and oxygen atoms in total. The van der Waals surface area contributed by atoms with E-state index in [0.717, 1.165) is 25.3 Å². The van der Waals surface area contributed by atoms with Gasteiger partial charge >= 0.3 is 0 Å². The molecular formula is C15H20F2N2O. The van der Waals surface area contributed by atoms with Gasteiger partial charge in [0.2, 0.25) is 5.91 Å². The van der Waals surface area contributed by atoms with Gasteiger partial charge in [0.05, 0.1) is 6.04 Å². The Balaban J connectivity index is 1.93. The summed E-state index contributed by atoms with van der Waals surface area (Å²) in [5, 5.41) is 2.75. The number of hydrogen-bond donors (Lipinski definition) is 2. The number of halogens is 2. The molecule has 1 saturated carbocycles. The number of rotatable bonds is 4. The standard InChI is InChI=1S/C15H20F2N2O/c1-9(12-6-5-11(16)8-13(12)17)19-15(20)7-10-3-2-4-14(10)18/h5-6,8-10,14H,2-4,7,18H2,1H3,(H,19,20)/t9-,10+,14-/m1/s1. The number of carbonyl (C=O) groups excluding carboxylic acids is 1. The number of amides is 1. The Kier molecular flexibility index (Phi) is 4.70. The lowest BCUT2D eigenvalue weighted by molar-refractivity contribution is -0.122. The predicted octanol–water partition coefficient (Wildman–Crippen LogP) is 2.66. The van der Waals surface area contributed by atoms with Crippen LogP contribution >= 0.6 is 0 Å². The van der Waals surface area contributed by atoms with Crippen molar-refractivity contribution >= 4 is 5.91 Å². The zero-order valence-corrected chi connectivity index (χ0v) is 11.5. The van der Waals surface area contributed by atoms with Gasteiger partial charge in [0.15, 0.2) is 0 Å². The van der Waals surface area contributed by atoms with Crippen molar-refractivity contribution in [3.8, 4) is 0 Å². The molecule has 5 heteroatoms. The van der Waals surface area contributed by atoms with Crippen molar-refractivity contribution in [1.29, 1.82) is 0 Å². The van der Waals surface area contributed by atoms with Crippen LogP contribution < -0.4 is 11.1 Å². The number of carbonyl (C=O) groups is 1. The summed E-state index contributed by atoms with van der Waals surface area (Å²) in [5.41, 5.74) is 6.22. The average Bonchev–Trinajstić information content (AvgIpc) is 2.74. The van der Waals surface area contributed by atoms with Crippen LogP contribution in [0.2, 0.25) is 0 Å². The summed E-state index contributed by atoms with van der Waals surface area (Å²) in [5.74, 6) is -1.19. The van der Waals surface area contributed by atoms with Crippen molar-refractivity contribution in [1.82, 2.24) is 5.32 Å². The average molecular weight is 282 g/mol. The van der Waals surface area contributed by atoms with E-state index in [4.69, 9.17) is 5.73 Å². The molecule has 1 amide bonds. The van der Waals surface area contributed by atoms with E-state index in [1.165, 1.54) is 12.1 Å². The maximum atomic E-state index is 13.6. The normalized spacial score (nSPS) is 23.6. The molecule has 1 aromatic carbocycles. The molecule has 0 saturated heterocycles. The van der Waals surface area contributed by atoms with Crippen molar-refractivity contribution in [2.24, 2.45) is 11.7 Å². The summed E-state index contributed by atoms with van der Waals surface area (Å²) in [6.07, 6.45) is 3.35. The highest BCUT2D eigenvalue weighted by molar-refractivity contribution is 5.76. The topological polar surface area (TPSA) is 55.1 Å². The van der Waals surface area contributed by atoms with Crippen molar-refractivity contribution in [3.05, 3.63) is 35.4 Å². The molecule has 3 N–H and O–H groups in total. The van der Waals surface area contributed by atoms with E-state index >= 15 is 0 Å². The molecule has 2 rings (SSSR count). The van der Waals surface area contributed by atoms with Gasteiger partial charge < -0.3 is 11.1 Å². The molecule has 0 aromatic heterocycles.